The minimum Gasteiger partial charge on any atom is -0.489 e. The van der Waals surface area contributed by atoms with Crippen molar-refractivity contribution in [3.8, 4) is 5.75 Å². The molecule has 0 aliphatic carbocycles. The molecule has 1 aliphatic heterocycles. The number of nitrogens with zero attached hydrogens (tertiary/aromatic N) is 2. The SMILES string of the molecule is CN1C(=O)/C(=C/c2ccc(OCc3ccccc3Cl)cc2)N(C)C1=S. The molecule has 0 aromatic heterocycles. The number of carbonyl (C=O) groups is 1. The van der Waals surface area contributed by atoms with Crippen LogP contribution in [0.5, 0.6) is 5.75 Å². The summed E-state index contributed by atoms with van der Waals surface area (Å²) in [4.78, 5) is 15.3. The Morgan fingerprint density at radius 2 is 1.76 bits per heavy atom. The molecule has 0 unspecified atom stereocenters. The van der Waals surface area contributed by atoms with E-state index >= 15 is 0 Å². The van der Waals surface area contributed by atoms with Crippen molar-refractivity contribution in [2.24, 2.45) is 0 Å². The Morgan fingerprint density at radius 3 is 2.36 bits per heavy atom. The number of thiocarbonyl (C=S) groups is 1. The van der Waals surface area contributed by atoms with Crippen LogP contribution in [0.25, 0.3) is 6.08 Å². The summed E-state index contributed by atoms with van der Waals surface area (Å²) in [6.07, 6.45) is 1.82. The number of hydrogen-bond donors (Lipinski definition) is 0. The Bertz CT molecular complexity index is 849. The molecule has 0 radical (unpaired) electrons. The topological polar surface area (TPSA) is 32.8 Å². The lowest BCUT2D eigenvalue weighted by molar-refractivity contribution is -0.121. The highest BCUT2D eigenvalue weighted by Crippen LogP contribution is 2.23. The molecule has 6 heteroatoms. The van der Waals surface area contributed by atoms with Crippen LogP contribution >= 0.6 is 23.8 Å². The van der Waals surface area contributed by atoms with Gasteiger partial charge in [-0.2, -0.15) is 0 Å². The molecule has 0 bridgehead atoms. The van der Waals surface area contributed by atoms with Gasteiger partial charge in [-0.3, -0.25) is 9.69 Å². The number of benzene rings is 2. The van der Waals surface area contributed by atoms with Gasteiger partial charge in [0.2, 0.25) is 0 Å². The number of carbonyl (C=O) groups excluding carboxylic acids is 1. The first kappa shape index (κ1) is 17.5. The van der Waals surface area contributed by atoms with E-state index < -0.39 is 0 Å². The summed E-state index contributed by atoms with van der Waals surface area (Å²) in [5.74, 6) is 0.632. The van der Waals surface area contributed by atoms with Crippen molar-refractivity contribution in [2.75, 3.05) is 14.1 Å². The standard InChI is InChI=1S/C19H17ClN2O2S/c1-21-17(18(23)22(2)19(21)25)11-13-7-9-15(10-8-13)24-12-14-5-3-4-6-16(14)20/h3-11H,12H2,1-2H3/b17-11-. The summed E-state index contributed by atoms with van der Waals surface area (Å²) >= 11 is 11.3. The fourth-order valence-electron chi connectivity index (χ4n) is 2.48. The molecule has 0 spiro atoms. The zero-order valence-electron chi connectivity index (χ0n) is 13.9. The Balaban J connectivity index is 1.71. The van der Waals surface area contributed by atoms with Gasteiger partial charge >= 0.3 is 0 Å². The van der Waals surface area contributed by atoms with E-state index in [9.17, 15) is 4.79 Å². The third-order valence-electron chi connectivity index (χ3n) is 3.99. The van der Waals surface area contributed by atoms with Crippen molar-refractivity contribution in [3.63, 3.8) is 0 Å². The maximum Gasteiger partial charge on any atom is 0.276 e. The zero-order chi connectivity index (χ0) is 18.0. The molecule has 0 saturated carbocycles. The molecule has 1 heterocycles. The van der Waals surface area contributed by atoms with Crippen molar-refractivity contribution in [2.45, 2.75) is 6.61 Å². The minimum atomic E-state index is -0.105. The van der Waals surface area contributed by atoms with E-state index in [1.54, 1.807) is 19.0 Å². The molecule has 25 heavy (non-hydrogen) atoms. The van der Waals surface area contributed by atoms with E-state index in [2.05, 4.69) is 0 Å². The molecule has 1 saturated heterocycles. The number of ether oxygens (including phenoxy) is 1. The van der Waals surface area contributed by atoms with Crippen molar-refractivity contribution in [1.29, 1.82) is 0 Å². The lowest BCUT2D eigenvalue weighted by atomic mass is 10.1. The van der Waals surface area contributed by atoms with Gasteiger partial charge in [-0.25, -0.2) is 0 Å². The highest BCUT2D eigenvalue weighted by atomic mass is 35.5. The van der Waals surface area contributed by atoms with Crippen molar-refractivity contribution in [1.82, 2.24) is 9.80 Å². The van der Waals surface area contributed by atoms with E-state index in [0.29, 0.717) is 22.4 Å². The second kappa shape index (κ2) is 7.25. The van der Waals surface area contributed by atoms with Gasteiger partial charge in [-0.15, -0.1) is 0 Å². The highest BCUT2D eigenvalue weighted by Gasteiger charge is 2.32. The van der Waals surface area contributed by atoms with Gasteiger partial charge in [0.15, 0.2) is 5.11 Å². The van der Waals surface area contributed by atoms with Crippen LogP contribution < -0.4 is 4.74 Å². The maximum absolute atomic E-state index is 12.2. The van der Waals surface area contributed by atoms with Gasteiger partial charge < -0.3 is 9.64 Å². The molecule has 1 amide bonds. The second-order valence-corrected chi connectivity index (χ2v) is 6.46. The Hall–Kier alpha value is -2.37. The van der Waals surface area contributed by atoms with Crippen LogP contribution in [0.4, 0.5) is 0 Å². The van der Waals surface area contributed by atoms with Gasteiger partial charge in [-0.05, 0) is 42.1 Å². The molecular formula is C19H17ClN2O2S. The maximum atomic E-state index is 12.2. The summed E-state index contributed by atoms with van der Waals surface area (Å²) in [5, 5.41) is 1.18. The van der Waals surface area contributed by atoms with E-state index in [1.165, 1.54) is 4.90 Å². The van der Waals surface area contributed by atoms with E-state index in [1.807, 2.05) is 54.6 Å². The highest BCUT2D eigenvalue weighted by molar-refractivity contribution is 7.80. The van der Waals surface area contributed by atoms with Crippen LogP contribution in [0.3, 0.4) is 0 Å². The molecule has 0 atom stereocenters. The van der Waals surface area contributed by atoms with Crippen molar-refractivity contribution < 1.29 is 9.53 Å². The molecule has 0 N–H and O–H groups in total. The second-order valence-electron chi connectivity index (χ2n) is 5.68. The Kier molecular flexibility index (Phi) is 5.06. The van der Waals surface area contributed by atoms with Gasteiger partial charge in [0.05, 0.1) is 0 Å². The van der Waals surface area contributed by atoms with Crippen LogP contribution in [0.15, 0.2) is 54.2 Å². The van der Waals surface area contributed by atoms with E-state index in [0.717, 1.165) is 16.9 Å². The normalized spacial score (nSPS) is 16.0. The van der Waals surface area contributed by atoms with Gasteiger partial charge in [0, 0.05) is 24.7 Å². The van der Waals surface area contributed by atoms with Crippen LogP contribution in [-0.4, -0.2) is 34.9 Å². The van der Waals surface area contributed by atoms with Gasteiger partial charge in [0.1, 0.15) is 18.1 Å². The summed E-state index contributed by atoms with van der Waals surface area (Å²) in [6.45, 7) is 0.403. The zero-order valence-corrected chi connectivity index (χ0v) is 15.5. The number of hydrogen-bond acceptors (Lipinski definition) is 3. The lowest BCUT2D eigenvalue weighted by Gasteiger charge is -2.11. The number of rotatable bonds is 4. The smallest absolute Gasteiger partial charge is 0.276 e. The predicted molar refractivity (Wildman–Crippen MR) is 103 cm³/mol. The average Bonchev–Trinajstić information content (AvgIpc) is 2.80. The van der Waals surface area contributed by atoms with Crippen molar-refractivity contribution in [3.05, 3.63) is 70.4 Å². The molecule has 2 aromatic carbocycles. The van der Waals surface area contributed by atoms with Crippen LogP contribution in [0.2, 0.25) is 5.02 Å². The molecule has 3 rings (SSSR count). The summed E-state index contributed by atoms with van der Waals surface area (Å²) < 4.78 is 5.76. The average molecular weight is 373 g/mol. The fourth-order valence-corrected chi connectivity index (χ4v) is 2.85. The third kappa shape index (κ3) is 3.67. The molecule has 2 aromatic rings. The summed E-state index contributed by atoms with van der Waals surface area (Å²) in [6, 6.07) is 15.1. The lowest BCUT2D eigenvalue weighted by Crippen LogP contribution is -2.26. The van der Waals surface area contributed by atoms with Gasteiger partial charge in [0.25, 0.3) is 5.91 Å². The minimum absolute atomic E-state index is 0.105. The number of likely N-dealkylation sites (N-methyl/N-ethyl adjacent to an activating group) is 2. The van der Waals surface area contributed by atoms with Crippen LogP contribution in [-0.2, 0) is 11.4 Å². The predicted octanol–water partition coefficient (Wildman–Crippen LogP) is 3.95. The number of halogens is 1. The van der Waals surface area contributed by atoms with E-state index in [4.69, 9.17) is 28.6 Å². The number of amides is 1. The quantitative estimate of drug-likeness (QED) is 0.601. The Labute approximate surface area is 157 Å². The first-order valence-electron chi connectivity index (χ1n) is 7.71. The Morgan fingerprint density at radius 1 is 1.08 bits per heavy atom. The monoisotopic (exact) mass is 372 g/mol. The van der Waals surface area contributed by atoms with Gasteiger partial charge in [-0.1, -0.05) is 41.9 Å². The van der Waals surface area contributed by atoms with Crippen LogP contribution in [0.1, 0.15) is 11.1 Å². The van der Waals surface area contributed by atoms with E-state index in [-0.39, 0.29) is 5.91 Å². The molecule has 128 valence electrons. The fraction of sp³-hybridized carbons (Fsp3) is 0.158. The summed E-state index contributed by atoms with van der Waals surface area (Å²) in [5.41, 5.74) is 2.39. The molecule has 4 nitrogen and oxygen atoms in total. The summed E-state index contributed by atoms with van der Waals surface area (Å²) in [7, 11) is 3.46. The molecule has 1 aliphatic rings. The molecule has 1 fully saturated rings. The largest absolute Gasteiger partial charge is 0.489 e. The van der Waals surface area contributed by atoms with Crippen LogP contribution in [0, 0.1) is 0 Å². The van der Waals surface area contributed by atoms with Crippen molar-refractivity contribution >= 4 is 40.9 Å². The third-order valence-corrected chi connectivity index (χ3v) is 4.91. The first-order chi connectivity index (χ1) is 12.0. The first-order valence-corrected chi connectivity index (χ1v) is 8.49. The molecular weight excluding hydrogens is 356 g/mol.